The van der Waals surface area contributed by atoms with Crippen LogP contribution in [0.3, 0.4) is 0 Å². The van der Waals surface area contributed by atoms with Crippen LogP contribution >= 0.6 is 22.9 Å². The van der Waals surface area contributed by atoms with E-state index in [1.165, 1.54) is 23.3 Å². The molecule has 4 rings (SSSR count). The molecule has 1 saturated heterocycles. The highest BCUT2D eigenvalue weighted by atomic mass is 35.5. The Hall–Kier alpha value is -1.96. The zero-order chi connectivity index (χ0) is 21.5. The molecule has 30 heavy (non-hydrogen) atoms. The first-order chi connectivity index (χ1) is 14.2. The number of aryl methyl sites for hydroxylation is 2. The number of rotatable bonds is 4. The van der Waals surface area contributed by atoms with E-state index in [1.54, 1.807) is 11.3 Å². The summed E-state index contributed by atoms with van der Waals surface area (Å²) >= 11 is 7.36. The Morgan fingerprint density at radius 3 is 2.40 bits per heavy atom. The summed E-state index contributed by atoms with van der Waals surface area (Å²) in [5.41, 5.74) is 4.44. The number of sulfone groups is 1. The summed E-state index contributed by atoms with van der Waals surface area (Å²) in [7, 11) is -3.55. The topological polar surface area (TPSA) is 50.3 Å². The molecule has 158 valence electrons. The van der Waals surface area contributed by atoms with E-state index in [1.807, 2.05) is 5.38 Å². The van der Waals surface area contributed by atoms with E-state index in [0.29, 0.717) is 25.9 Å². The largest absolute Gasteiger partial charge is 0.348 e. The Morgan fingerprint density at radius 1 is 1.10 bits per heavy atom. The third kappa shape index (κ3) is 4.24. The Morgan fingerprint density at radius 2 is 1.77 bits per heavy atom. The molecule has 1 aliphatic heterocycles. The summed E-state index contributed by atoms with van der Waals surface area (Å²) in [5, 5.41) is 2.28. The summed E-state index contributed by atoms with van der Waals surface area (Å²) in [6, 6.07) is 9.98. The number of halogens is 2. The standard InChI is InChI=1S/C22H22ClFN2O2S2/c1-14-9-15(2)11-16(10-14)21-13-29-22(25-21)26-7-5-17(6-8-26)30(27,28)18-3-4-20(24)19(23)12-18/h3-4,9-13,17H,5-8H2,1-2H3. The van der Waals surface area contributed by atoms with E-state index < -0.39 is 20.9 Å². The van der Waals surface area contributed by atoms with E-state index >= 15 is 0 Å². The molecule has 2 aromatic carbocycles. The molecule has 0 bridgehead atoms. The molecule has 0 atom stereocenters. The van der Waals surface area contributed by atoms with Crippen molar-refractivity contribution in [2.75, 3.05) is 18.0 Å². The van der Waals surface area contributed by atoms with E-state index in [4.69, 9.17) is 16.6 Å². The lowest BCUT2D eigenvalue weighted by Gasteiger charge is -2.31. The van der Waals surface area contributed by atoms with E-state index in [-0.39, 0.29) is 9.92 Å². The van der Waals surface area contributed by atoms with Crippen LogP contribution in [0.5, 0.6) is 0 Å². The molecule has 1 aliphatic rings. The van der Waals surface area contributed by atoms with Crippen LogP contribution in [0.15, 0.2) is 46.7 Å². The van der Waals surface area contributed by atoms with Crippen LogP contribution in [0.2, 0.25) is 5.02 Å². The number of hydrogen-bond acceptors (Lipinski definition) is 5. The normalized spacial score (nSPS) is 15.5. The van der Waals surface area contributed by atoms with Gasteiger partial charge in [0.05, 0.1) is 20.9 Å². The minimum Gasteiger partial charge on any atom is -0.348 e. The minimum absolute atomic E-state index is 0.0821. The maximum Gasteiger partial charge on any atom is 0.185 e. The van der Waals surface area contributed by atoms with Crippen molar-refractivity contribution in [3.05, 3.63) is 63.7 Å². The van der Waals surface area contributed by atoms with Gasteiger partial charge in [0.1, 0.15) is 5.82 Å². The highest BCUT2D eigenvalue weighted by Crippen LogP contribution is 2.33. The second-order valence-electron chi connectivity index (χ2n) is 7.70. The van der Waals surface area contributed by atoms with Gasteiger partial charge in [0, 0.05) is 24.0 Å². The Kier molecular flexibility index (Phi) is 5.88. The van der Waals surface area contributed by atoms with Crippen LogP contribution in [0, 0.1) is 19.7 Å². The summed E-state index contributed by atoms with van der Waals surface area (Å²) < 4.78 is 39.3. The molecule has 0 aliphatic carbocycles. The predicted molar refractivity (Wildman–Crippen MR) is 121 cm³/mol. The minimum atomic E-state index is -3.55. The van der Waals surface area contributed by atoms with Crippen LogP contribution in [0.4, 0.5) is 9.52 Å². The monoisotopic (exact) mass is 464 g/mol. The Labute approximate surface area is 185 Å². The van der Waals surface area contributed by atoms with Gasteiger partial charge in [0.25, 0.3) is 0 Å². The van der Waals surface area contributed by atoms with Gasteiger partial charge in [-0.2, -0.15) is 0 Å². The Balaban J connectivity index is 1.47. The van der Waals surface area contributed by atoms with Gasteiger partial charge < -0.3 is 4.90 Å². The molecule has 0 N–H and O–H groups in total. The summed E-state index contributed by atoms with van der Waals surface area (Å²) in [5.74, 6) is -0.617. The molecule has 0 amide bonds. The van der Waals surface area contributed by atoms with Crippen molar-refractivity contribution in [1.29, 1.82) is 0 Å². The number of hydrogen-bond donors (Lipinski definition) is 0. The van der Waals surface area contributed by atoms with Crippen molar-refractivity contribution in [2.45, 2.75) is 36.8 Å². The highest BCUT2D eigenvalue weighted by Gasteiger charge is 2.32. The van der Waals surface area contributed by atoms with Gasteiger partial charge in [-0.1, -0.05) is 28.8 Å². The number of anilines is 1. The molecular weight excluding hydrogens is 443 g/mol. The quantitative estimate of drug-likeness (QED) is 0.467. The lowest BCUT2D eigenvalue weighted by atomic mass is 10.1. The number of nitrogens with zero attached hydrogens (tertiary/aromatic N) is 2. The van der Waals surface area contributed by atoms with Crippen LogP contribution in [-0.2, 0) is 9.84 Å². The SMILES string of the molecule is Cc1cc(C)cc(-c2csc(N3CCC(S(=O)(=O)c4ccc(F)c(Cl)c4)CC3)n2)c1. The lowest BCUT2D eigenvalue weighted by molar-refractivity contribution is 0.529. The fraction of sp³-hybridized carbons (Fsp3) is 0.318. The maximum absolute atomic E-state index is 13.4. The van der Waals surface area contributed by atoms with Gasteiger partial charge in [-0.3, -0.25) is 0 Å². The number of aromatic nitrogens is 1. The zero-order valence-corrected chi connectivity index (χ0v) is 19.1. The Bertz CT molecular complexity index is 1170. The number of benzene rings is 2. The van der Waals surface area contributed by atoms with Crippen molar-refractivity contribution in [2.24, 2.45) is 0 Å². The smallest absolute Gasteiger partial charge is 0.185 e. The van der Waals surface area contributed by atoms with Gasteiger partial charge in [-0.25, -0.2) is 17.8 Å². The second-order valence-corrected chi connectivity index (χ2v) is 11.2. The van der Waals surface area contributed by atoms with Gasteiger partial charge in [-0.15, -0.1) is 11.3 Å². The van der Waals surface area contributed by atoms with Gasteiger partial charge in [0.15, 0.2) is 15.0 Å². The molecule has 1 fully saturated rings. The van der Waals surface area contributed by atoms with E-state index in [2.05, 4.69) is 36.9 Å². The molecule has 1 aromatic heterocycles. The summed E-state index contributed by atoms with van der Waals surface area (Å²) in [6.45, 7) is 5.36. The summed E-state index contributed by atoms with van der Waals surface area (Å²) in [4.78, 5) is 7.01. The molecule has 8 heteroatoms. The zero-order valence-electron chi connectivity index (χ0n) is 16.7. The molecule has 2 heterocycles. The third-order valence-corrected chi connectivity index (χ3v) is 8.83. The van der Waals surface area contributed by atoms with Gasteiger partial charge in [-0.05, 0) is 57.0 Å². The van der Waals surface area contributed by atoms with Crippen molar-refractivity contribution >= 4 is 37.9 Å². The first-order valence-electron chi connectivity index (χ1n) is 9.72. The number of piperidine rings is 1. The van der Waals surface area contributed by atoms with Gasteiger partial charge >= 0.3 is 0 Å². The molecular formula is C22H22ClFN2O2S2. The van der Waals surface area contributed by atoms with Crippen molar-refractivity contribution in [3.8, 4) is 11.3 Å². The first-order valence-corrected chi connectivity index (χ1v) is 12.5. The van der Waals surface area contributed by atoms with Crippen molar-refractivity contribution in [1.82, 2.24) is 4.98 Å². The molecule has 3 aromatic rings. The van der Waals surface area contributed by atoms with Crippen LogP contribution < -0.4 is 4.90 Å². The van der Waals surface area contributed by atoms with Gasteiger partial charge in [0.2, 0.25) is 0 Å². The highest BCUT2D eigenvalue weighted by molar-refractivity contribution is 7.92. The summed E-state index contributed by atoms with van der Waals surface area (Å²) in [6.07, 6.45) is 0.992. The van der Waals surface area contributed by atoms with E-state index in [0.717, 1.165) is 22.5 Å². The second kappa shape index (κ2) is 8.29. The molecule has 0 unspecified atom stereocenters. The lowest BCUT2D eigenvalue weighted by Crippen LogP contribution is -2.39. The fourth-order valence-electron chi connectivity index (χ4n) is 3.87. The molecule has 0 radical (unpaired) electrons. The molecule has 0 saturated carbocycles. The average molecular weight is 465 g/mol. The van der Waals surface area contributed by atoms with Crippen LogP contribution in [0.25, 0.3) is 11.3 Å². The fourth-order valence-corrected chi connectivity index (χ4v) is 6.76. The van der Waals surface area contributed by atoms with Crippen molar-refractivity contribution in [3.63, 3.8) is 0 Å². The maximum atomic E-state index is 13.4. The van der Waals surface area contributed by atoms with Crippen molar-refractivity contribution < 1.29 is 12.8 Å². The first kappa shape index (κ1) is 21.3. The van der Waals surface area contributed by atoms with Crippen LogP contribution in [0.1, 0.15) is 24.0 Å². The third-order valence-electron chi connectivity index (χ3n) is 5.38. The van der Waals surface area contributed by atoms with Crippen LogP contribution in [-0.4, -0.2) is 31.7 Å². The number of thiazole rings is 1. The van der Waals surface area contributed by atoms with E-state index in [9.17, 15) is 12.8 Å². The molecule has 4 nitrogen and oxygen atoms in total. The predicted octanol–water partition coefficient (Wildman–Crippen LogP) is 5.66. The molecule has 0 spiro atoms. The average Bonchev–Trinajstić information content (AvgIpc) is 3.20.